The fraction of sp³-hybridized carbons (Fsp3) is 0.621. The van der Waals surface area contributed by atoms with Crippen LogP contribution in [0.1, 0.15) is 81.7 Å². The summed E-state index contributed by atoms with van der Waals surface area (Å²) in [5.41, 5.74) is 4.93. The van der Waals surface area contributed by atoms with E-state index in [1.807, 2.05) is 0 Å². The molecule has 4 fully saturated rings. The number of carbonyl (C=O) groups is 1. The molecule has 1 aromatic heterocycles. The summed E-state index contributed by atoms with van der Waals surface area (Å²) < 4.78 is 0. The van der Waals surface area contributed by atoms with Crippen molar-refractivity contribution in [2.45, 2.75) is 84.2 Å². The summed E-state index contributed by atoms with van der Waals surface area (Å²) in [4.78, 5) is 25.2. The second-order valence-electron chi connectivity index (χ2n) is 12.7. The van der Waals surface area contributed by atoms with Gasteiger partial charge in [0, 0.05) is 25.2 Å². The monoisotopic (exact) mass is 458 g/mol. The fourth-order valence-electron chi connectivity index (χ4n) is 7.65. The van der Waals surface area contributed by atoms with Crippen molar-refractivity contribution in [3.8, 4) is 0 Å². The molecule has 0 saturated heterocycles. The Morgan fingerprint density at radius 3 is 2.29 bits per heavy atom. The molecule has 34 heavy (non-hydrogen) atoms. The zero-order chi connectivity index (χ0) is 23.5. The topological polar surface area (TPSA) is 58.1 Å². The first kappa shape index (κ1) is 22.2. The van der Waals surface area contributed by atoms with Gasteiger partial charge in [-0.2, -0.15) is 0 Å². The van der Waals surface area contributed by atoms with Crippen molar-refractivity contribution in [2.24, 2.45) is 23.2 Å². The van der Waals surface area contributed by atoms with E-state index < -0.39 is 0 Å². The maximum absolute atomic E-state index is 13.6. The Balaban J connectivity index is 1.14. The van der Waals surface area contributed by atoms with Gasteiger partial charge in [0.05, 0.1) is 11.1 Å². The molecule has 0 atom stereocenters. The minimum absolute atomic E-state index is 0.146. The van der Waals surface area contributed by atoms with E-state index >= 15 is 0 Å². The first-order valence-corrected chi connectivity index (χ1v) is 13.2. The Hall–Kier alpha value is -2.27. The first-order chi connectivity index (χ1) is 16.3. The molecular weight excluding hydrogens is 420 g/mol. The lowest BCUT2D eigenvalue weighted by atomic mass is 9.49. The van der Waals surface area contributed by atoms with Crippen molar-refractivity contribution in [2.75, 3.05) is 11.9 Å². The molecule has 7 rings (SSSR count). The first-order valence-electron chi connectivity index (χ1n) is 13.2. The Bertz CT molecular complexity index is 1050. The highest BCUT2D eigenvalue weighted by Gasteiger charge is 2.54. The number of nitrogens with one attached hydrogen (secondary N) is 1. The van der Waals surface area contributed by atoms with Crippen molar-refractivity contribution in [1.29, 1.82) is 0 Å². The number of amides is 1. The van der Waals surface area contributed by atoms with Gasteiger partial charge in [-0.3, -0.25) is 9.69 Å². The molecule has 0 unspecified atom stereocenters. The van der Waals surface area contributed by atoms with Crippen LogP contribution < -0.4 is 5.32 Å². The van der Waals surface area contributed by atoms with Gasteiger partial charge in [-0.15, -0.1) is 0 Å². The van der Waals surface area contributed by atoms with Crippen LogP contribution in [0.3, 0.4) is 0 Å². The Morgan fingerprint density at radius 1 is 1.03 bits per heavy atom. The van der Waals surface area contributed by atoms with Gasteiger partial charge in [0.2, 0.25) is 5.91 Å². The quantitative estimate of drug-likeness (QED) is 0.658. The highest BCUT2D eigenvalue weighted by Crippen LogP contribution is 2.60. The molecule has 4 bridgehead atoms. The highest BCUT2D eigenvalue weighted by atomic mass is 16.2. The molecule has 180 valence electrons. The molecule has 4 aliphatic carbocycles. The van der Waals surface area contributed by atoms with Gasteiger partial charge in [0.1, 0.15) is 12.1 Å². The second-order valence-corrected chi connectivity index (χ2v) is 12.7. The third-order valence-electron chi connectivity index (χ3n) is 9.06. The molecule has 5 aliphatic rings. The number of rotatable bonds is 4. The zero-order valence-corrected chi connectivity index (χ0v) is 20.9. The van der Waals surface area contributed by atoms with Crippen LogP contribution >= 0.6 is 0 Å². The van der Waals surface area contributed by atoms with E-state index in [2.05, 4.69) is 65.2 Å². The molecule has 1 N–H and O–H groups in total. The largest absolute Gasteiger partial charge is 0.310 e. The molecule has 2 heterocycles. The van der Waals surface area contributed by atoms with Crippen LogP contribution in [-0.2, 0) is 29.7 Å². The number of carbonyl (C=O) groups excluding carboxylic acids is 1. The van der Waals surface area contributed by atoms with Crippen LogP contribution in [0, 0.1) is 23.2 Å². The van der Waals surface area contributed by atoms with Gasteiger partial charge in [0.15, 0.2) is 0 Å². The molecular formula is C29H38N4O. The second kappa shape index (κ2) is 8.15. The molecule has 4 saturated carbocycles. The van der Waals surface area contributed by atoms with Crippen LogP contribution in [-0.4, -0.2) is 27.3 Å². The van der Waals surface area contributed by atoms with Crippen molar-refractivity contribution in [1.82, 2.24) is 14.9 Å². The summed E-state index contributed by atoms with van der Waals surface area (Å²) in [6.45, 7) is 9.44. The molecule has 1 amide bonds. The summed E-state index contributed by atoms with van der Waals surface area (Å²) >= 11 is 0. The number of hydrogen-bond acceptors (Lipinski definition) is 4. The van der Waals surface area contributed by atoms with Crippen molar-refractivity contribution < 1.29 is 4.79 Å². The molecule has 1 aromatic carbocycles. The van der Waals surface area contributed by atoms with Crippen LogP contribution in [0.25, 0.3) is 0 Å². The molecule has 2 aromatic rings. The number of aromatic nitrogens is 2. The van der Waals surface area contributed by atoms with Crippen LogP contribution in [0.2, 0.25) is 0 Å². The van der Waals surface area contributed by atoms with Crippen LogP contribution in [0.4, 0.5) is 5.82 Å². The highest BCUT2D eigenvalue weighted by molar-refractivity contribution is 5.95. The van der Waals surface area contributed by atoms with E-state index in [1.165, 1.54) is 30.4 Å². The summed E-state index contributed by atoms with van der Waals surface area (Å²) in [6.07, 6.45) is 9.82. The smallest absolute Gasteiger partial charge is 0.231 e. The van der Waals surface area contributed by atoms with Gasteiger partial charge in [0.25, 0.3) is 0 Å². The van der Waals surface area contributed by atoms with Crippen molar-refractivity contribution >= 4 is 11.7 Å². The average Bonchev–Trinajstić information content (AvgIpc) is 2.78. The lowest BCUT2D eigenvalue weighted by Gasteiger charge is -2.55. The summed E-state index contributed by atoms with van der Waals surface area (Å²) in [5, 5.41) is 3.30. The van der Waals surface area contributed by atoms with Gasteiger partial charge in [-0.1, -0.05) is 45.0 Å². The minimum Gasteiger partial charge on any atom is -0.310 e. The lowest BCUT2D eigenvalue weighted by molar-refractivity contribution is -0.140. The standard InChI is InChI=1S/C29H38N4O/c1-28(2,3)23-6-4-19(5-7-23)16-33-9-8-24-25(17-33)30-18-31-26(24)32-27(34)29-13-20-10-21(14-29)12-22(11-20)15-29/h4-7,18,20-22H,8-17H2,1-3H3,(H,30,31,32,34). The average molecular weight is 459 g/mol. The third kappa shape index (κ3) is 4.06. The van der Waals surface area contributed by atoms with Gasteiger partial charge in [-0.25, -0.2) is 9.97 Å². The maximum atomic E-state index is 13.6. The third-order valence-corrected chi connectivity index (χ3v) is 9.06. The van der Waals surface area contributed by atoms with Crippen molar-refractivity contribution in [3.63, 3.8) is 0 Å². The van der Waals surface area contributed by atoms with E-state index in [4.69, 9.17) is 0 Å². The summed E-state index contributed by atoms with van der Waals surface area (Å²) in [7, 11) is 0. The lowest BCUT2D eigenvalue weighted by Crippen LogP contribution is -2.52. The molecule has 0 spiro atoms. The minimum atomic E-state index is -0.146. The Kier molecular flexibility index (Phi) is 5.32. The predicted octanol–water partition coefficient (Wildman–Crippen LogP) is 5.49. The molecule has 5 nitrogen and oxygen atoms in total. The molecule has 1 aliphatic heterocycles. The van der Waals surface area contributed by atoms with Crippen LogP contribution in [0.15, 0.2) is 30.6 Å². The zero-order valence-electron chi connectivity index (χ0n) is 20.9. The van der Waals surface area contributed by atoms with Gasteiger partial charge >= 0.3 is 0 Å². The van der Waals surface area contributed by atoms with E-state index in [9.17, 15) is 4.79 Å². The number of fused-ring (bicyclic) bond motifs is 1. The Labute approximate surface area is 203 Å². The van der Waals surface area contributed by atoms with E-state index in [0.29, 0.717) is 0 Å². The van der Waals surface area contributed by atoms with Gasteiger partial charge < -0.3 is 5.32 Å². The fourth-order valence-corrected chi connectivity index (χ4v) is 7.65. The normalized spacial score (nSPS) is 30.3. The predicted molar refractivity (Wildman–Crippen MR) is 134 cm³/mol. The van der Waals surface area contributed by atoms with Crippen LogP contribution in [0.5, 0.6) is 0 Å². The molecule has 0 radical (unpaired) electrons. The number of nitrogens with zero attached hydrogens (tertiary/aromatic N) is 3. The van der Waals surface area contributed by atoms with E-state index in [-0.39, 0.29) is 16.7 Å². The van der Waals surface area contributed by atoms with Gasteiger partial charge in [-0.05, 0) is 79.2 Å². The van der Waals surface area contributed by atoms with Crippen molar-refractivity contribution in [3.05, 3.63) is 53.0 Å². The number of anilines is 1. The number of hydrogen-bond donors (Lipinski definition) is 1. The Morgan fingerprint density at radius 2 is 1.68 bits per heavy atom. The van der Waals surface area contributed by atoms with E-state index in [1.54, 1.807) is 6.33 Å². The maximum Gasteiger partial charge on any atom is 0.231 e. The van der Waals surface area contributed by atoms with E-state index in [0.717, 1.165) is 80.1 Å². The number of benzene rings is 1. The summed E-state index contributed by atoms with van der Waals surface area (Å²) in [6, 6.07) is 9.03. The molecule has 5 heteroatoms. The SMILES string of the molecule is CC(C)(C)c1ccc(CN2CCc3c(ncnc3NC(=O)C34CC5CC(CC(C5)C3)C4)C2)cc1. The summed E-state index contributed by atoms with van der Waals surface area (Å²) in [5.74, 6) is 3.29.